The molecule has 2 N–H and O–H groups in total. The molecule has 4 aliphatic carbocycles. The van der Waals surface area contributed by atoms with Gasteiger partial charge in [-0.1, -0.05) is 30.7 Å². The summed E-state index contributed by atoms with van der Waals surface area (Å²) in [7, 11) is 1.78. The maximum absolute atomic E-state index is 12.1. The molecule has 2 atom stereocenters. The topological polar surface area (TPSA) is 64.7 Å². The summed E-state index contributed by atoms with van der Waals surface area (Å²) in [5.41, 5.74) is 13.7. The first kappa shape index (κ1) is 19.6. The molecule has 0 spiro atoms. The Balaban J connectivity index is 2.02. The predicted octanol–water partition coefficient (Wildman–Crippen LogP) is 5.85. The van der Waals surface area contributed by atoms with Crippen molar-refractivity contribution in [1.82, 2.24) is 0 Å². The lowest BCUT2D eigenvalue weighted by Crippen LogP contribution is -2.49. The van der Waals surface area contributed by atoms with Crippen molar-refractivity contribution in [2.24, 2.45) is 16.3 Å². The van der Waals surface area contributed by atoms with Crippen LogP contribution < -0.4 is 5.73 Å². The monoisotopic (exact) mass is 382 g/mol. The van der Waals surface area contributed by atoms with Crippen molar-refractivity contribution in [1.29, 1.82) is 0 Å². The zero-order chi connectivity index (χ0) is 20.1. The molecular formula is C24H34N2O2. The number of nitroso groups, excluding NO2 is 1. The number of nitrogens with zero attached hydrogens (tertiary/aromatic N) is 1. The molecule has 4 rings (SSSR count). The molecule has 1 unspecified atom stereocenters. The Hall–Kier alpha value is -1.68. The van der Waals surface area contributed by atoms with Crippen molar-refractivity contribution >= 4 is 0 Å². The van der Waals surface area contributed by atoms with Gasteiger partial charge in [-0.25, -0.2) is 0 Å². The first-order valence-corrected chi connectivity index (χ1v) is 10.9. The van der Waals surface area contributed by atoms with Crippen molar-refractivity contribution in [3.05, 3.63) is 50.2 Å². The molecule has 152 valence electrons. The van der Waals surface area contributed by atoms with E-state index in [2.05, 4.69) is 25.1 Å². The summed E-state index contributed by atoms with van der Waals surface area (Å²) in [5.74, 6) is 1.02. The summed E-state index contributed by atoms with van der Waals surface area (Å²) in [6, 6.07) is -0.561. The van der Waals surface area contributed by atoms with Crippen LogP contribution in [0, 0.1) is 10.3 Å². The number of rotatable bonds is 3. The van der Waals surface area contributed by atoms with Gasteiger partial charge in [-0.3, -0.25) is 0 Å². The van der Waals surface area contributed by atoms with Crippen LogP contribution in [0.3, 0.4) is 0 Å². The van der Waals surface area contributed by atoms with Gasteiger partial charge >= 0.3 is 0 Å². The maximum atomic E-state index is 12.1. The van der Waals surface area contributed by atoms with E-state index in [1.54, 1.807) is 12.7 Å². The van der Waals surface area contributed by atoms with E-state index in [0.717, 1.165) is 49.9 Å². The second-order valence-corrected chi connectivity index (χ2v) is 9.90. The third kappa shape index (κ3) is 3.01. The molecule has 0 amide bonds. The van der Waals surface area contributed by atoms with E-state index >= 15 is 0 Å². The number of fused-ring (bicyclic) bond motifs is 1. The Kier molecular flexibility index (Phi) is 4.89. The van der Waals surface area contributed by atoms with E-state index in [1.165, 1.54) is 41.6 Å². The zero-order valence-electron chi connectivity index (χ0n) is 17.9. The molecule has 1 saturated carbocycles. The molecule has 4 aliphatic rings. The summed E-state index contributed by atoms with van der Waals surface area (Å²) < 4.78 is 6.07. The third-order valence-electron chi connectivity index (χ3n) is 7.14. The Morgan fingerprint density at radius 1 is 1.04 bits per heavy atom. The summed E-state index contributed by atoms with van der Waals surface area (Å²) in [4.78, 5) is 12.1. The van der Waals surface area contributed by atoms with Crippen LogP contribution >= 0.6 is 0 Å². The molecule has 0 heterocycles. The molecule has 4 nitrogen and oxygen atoms in total. The van der Waals surface area contributed by atoms with Gasteiger partial charge < -0.3 is 10.5 Å². The Morgan fingerprint density at radius 3 is 2.36 bits per heavy atom. The predicted molar refractivity (Wildman–Crippen MR) is 114 cm³/mol. The van der Waals surface area contributed by atoms with Gasteiger partial charge in [-0.15, -0.1) is 0 Å². The van der Waals surface area contributed by atoms with Crippen LogP contribution in [0.5, 0.6) is 0 Å². The number of allylic oxidation sites excluding steroid dienone is 5. The molecule has 4 heteroatoms. The van der Waals surface area contributed by atoms with Gasteiger partial charge in [0.25, 0.3) is 0 Å². The minimum absolute atomic E-state index is 0.0811. The van der Waals surface area contributed by atoms with Gasteiger partial charge in [0.1, 0.15) is 11.8 Å². The lowest BCUT2D eigenvalue weighted by Gasteiger charge is -2.44. The zero-order valence-corrected chi connectivity index (χ0v) is 17.9. The van der Waals surface area contributed by atoms with Gasteiger partial charge in [0.05, 0.1) is 12.6 Å². The fraction of sp³-hybridized carbons (Fsp3) is 0.667. The van der Waals surface area contributed by atoms with Crippen LogP contribution in [-0.2, 0) is 4.74 Å². The highest BCUT2D eigenvalue weighted by atomic mass is 16.5. The fourth-order valence-corrected chi connectivity index (χ4v) is 6.00. The van der Waals surface area contributed by atoms with Crippen LogP contribution in [0.15, 0.2) is 50.5 Å². The molecule has 0 aromatic carbocycles. The molecule has 1 fully saturated rings. The SMILES string of the molecule is COC1=C(C2=C3CCCCC3=CC(C)(N)[C@@H]2N=O)C2=C(CCCC2)CC1(C)C. The van der Waals surface area contributed by atoms with Gasteiger partial charge in [-0.05, 0) is 87.0 Å². The quantitative estimate of drug-likeness (QED) is 0.623. The molecule has 0 aliphatic heterocycles. The van der Waals surface area contributed by atoms with E-state index in [9.17, 15) is 4.91 Å². The molecule has 0 bridgehead atoms. The smallest absolute Gasteiger partial charge is 0.139 e. The minimum Gasteiger partial charge on any atom is -0.500 e. The molecule has 0 aromatic rings. The average Bonchev–Trinajstić information content (AvgIpc) is 2.64. The van der Waals surface area contributed by atoms with Crippen molar-refractivity contribution in [2.75, 3.05) is 7.11 Å². The van der Waals surface area contributed by atoms with Crippen molar-refractivity contribution in [3.8, 4) is 0 Å². The molecule has 0 radical (unpaired) electrons. The number of methoxy groups -OCH3 is 1. The molecule has 0 aromatic heterocycles. The summed E-state index contributed by atoms with van der Waals surface area (Å²) in [5, 5.41) is 3.61. The first-order valence-electron chi connectivity index (χ1n) is 10.9. The number of hydrogen-bond acceptors (Lipinski definition) is 4. The summed E-state index contributed by atoms with van der Waals surface area (Å²) >= 11 is 0. The van der Waals surface area contributed by atoms with Gasteiger partial charge in [0.15, 0.2) is 0 Å². The van der Waals surface area contributed by atoms with Crippen molar-refractivity contribution in [2.45, 2.75) is 90.1 Å². The Labute approximate surface area is 168 Å². The Bertz CT molecular complexity index is 824. The number of hydrogen-bond donors (Lipinski definition) is 1. The molecular weight excluding hydrogens is 348 g/mol. The molecule has 28 heavy (non-hydrogen) atoms. The largest absolute Gasteiger partial charge is 0.500 e. The highest BCUT2D eigenvalue weighted by molar-refractivity contribution is 5.64. The lowest BCUT2D eigenvalue weighted by molar-refractivity contribution is 0.183. The first-order chi connectivity index (χ1) is 13.3. The van der Waals surface area contributed by atoms with E-state index in [0.29, 0.717) is 0 Å². The van der Waals surface area contributed by atoms with E-state index < -0.39 is 11.6 Å². The Morgan fingerprint density at radius 2 is 1.68 bits per heavy atom. The van der Waals surface area contributed by atoms with Gasteiger partial charge in [0.2, 0.25) is 0 Å². The fourth-order valence-electron chi connectivity index (χ4n) is 6.00. The van der Waals surface area contributed by atoms with Crippen LogP contribution in [0.1, 0.15) is 78.6 Å². The highest BCUT2D eigenvalue weighted by Gasteiger charge is 2.46. The van der Waals surface area contributed by atoms with E-state index in [-0.39, 0.29) is 5.41 Å². The lowest BCUT2D eigenvalue weighted by atomic mass is 9.63. The number of nitrogens with two attached hydrogens (primary N) is 1. The van der Waals surface area contributed by atoms with Crippen molar-refractivity contribution < 1.29 is 4.74 Å². The molecule has 0 saturated heterocycles. The normalized spacial score (nSPS) is 32.6. The standard InChI is InChI=1S/C24H34N2O2/c1-23(2)13-15-9-5-8-12-18(15)20(22(23)28-4)19-17-11-7-6-10-16(17)14-24(3,25)21(19)26-27/h14,21H,5-13,25H2,1-4H3/t21-,24?/m1/s1. The highest BCUT2D eigenvalue weighted by Crippen LogP contribution is 2.53. The summed E-state index contributed by atoms with van der Waals surface area (Å²) in [6.07, 6.45) is 12.2. The van der Waals surface area contributed by atoms with Crippen LogP contribution in [0.25, 0.3) is 0 Å². The summed E-state index contributed by atoms with van der Waals surface area (Å²) in [6.45, 7) is 6.48. The number of ether oxygens (including phenoxy) is 1. The van der Waals surface area contributed by atoms with E-state index in [1.807, 2.05) is 6.92 Å². The average molecular weight is 383 g/mol. The van der Waals surface area contributed by atoms with Gasteiger partial charge in [-0.2, -0.15) is 4.91 Å². The maximum Gasteiger partial charge on any atom is 0.139 e. The third-order valence-corrected chi connectivity index (χ3v) is 7.14. The van der Waals surface area contributed by atoms with Crippen molar-refractivity contribution in [3.63, 3.8) is 0 Å². The van der Waals surface area contributed by atoms with Crippen LogP contribution in [-0.4, -0.2) is 18.7 Å². The van der Waals surface area contributed by atoms with Crippen LogP contribution in [0.2, 0.25) is 0 Å². The van der Waals surface area contributed by atoms with E-state index in [4.69, 9.17) is 10.5 Å². The van der Waals surface area contributed by atoms with Crippen LogP contribution in [0.4, 0.5) is 0 Å². The second-order valence-electron chi connectivity index (χ2n) is 9.90. The second kappa shape index (κ2) is 6.98. The van der Waals surface area contributed by atoms with Gasteiger partial charge in [0, 0.05) is 11.0 Å². The minimum atomic E-state index is -0.754.